The lowest BCUT2D eigenvalue weighted by atomic mass is 10.0. The van der Waals surface area contributed by atoms with Gasteiger partial charge in [-0.25, -0.2) is 9.59 Å². The summed E-state index contributed by atoms with van der Waals surface area (Å²) in [6.07, 6.45) is 0. The van der Waals surface area contributed by atoms with Crippen molar-refractivity contribution in [1.82, 2.24) is 5.32 Å². The van der Waals surface area contributed by atoms with Crippen molar-refractivity contribution in [1.29, 1.82) is 0 Å². The van der Waals surface area contributed by atoms with Crippen LogP contribution in [0.4, 0.5) is 10.5 Å². The van der Waals surface area contributed by atoms with E-state index in [4.69, 9.17) is 4.74 Å². The molecule has 0 aromatic heterocycles. The van der Waals surface area contributed by atoms with Crippen LogP contribution in [0.5, 0.6) is 0 Å². The maximum absolute atomic E-state index is 12.5. The van der Waals surface area contributed by atoms with Crippen molar-refractivity contribution in [2.75, 3.05) is 5.32 Å². The molecule has 0 saturated carbocycles. The van der Waals surface area contributed by atoms with E-state index < -0.39 is 18.0 Å². The highest BCUT2D eigenvalue weighted by Crippen LogP contribution is 2.13. The second-order valence-electron chi connectivity index (χ2n) is 6.72. The maximum atomic E-state index is 12.5. The molecule has 0 saturated heterocycles. The Hall–Kier alpha value is -2.82. The van der Waals surface area contributed by atoms with Gasteiger partial charge < -0.3 is 15.4 Å². The van der Waals surface area contributed by atoms with Crippen molar-refractivity contribution in [3.63, 3.8) is 0 Å². The molecule has 138 valence electrons. The largest absolute Gasteiger partial charge is 0.459 e. The molecule has 5 heteroatoms. The van der Waals surface area contributed by atoms with Crippen molar-refractivity contribution < 1.29 is 14.3 Å². The van der Waals surface area contributed by atoms with Gasteiger partial charge in [-0.2, -0.15) is 0 Å². The quantitative estimate of drug-likeness (QED) is 0.764. The number of nitrogens with one attached hydrogen (secondary N) is 2. The number of esters is 1. The Bertz CT molecular complexity index is 757. The van der Waals surface area contributed by atoms with E-state index in [1.165, 1.54) is 0 Å². The van der Waals surface area contributed by atoms with Crippen LogP contribution in [0.25, 0.3) is 0 Å². The number of rotatable bonds is 6. The van der Waals surface area contributed by atoms with E-state index in [-0.39, 0.29) is 12.5 Å². The lowest BCUT2D eigenvalue weighted by molar-refractivity contribution is -0.148. The van der Waals surface area contributed by atoms with Crippen LogP contribution in [0.1, 0.15) is 30.5 Å². The van der Waals surface area contributed by atoms with Gasteiger partial charge >= 0.3 is 12.0 Å². The standard InChI is InChI=1S/C21H26N2O3/c1-14(2)19(23-21(25)22-18-8-6-5-7-9-18)20(24)26-13-17-12-15(3)10-11-16(17)4/h5-12,14,19H,13H2,1-4H3,(H2,22,23,25)/t19-/m1/s1. The van der Waals surface area contributed by atoms with Gasteiger partial charge in [0, 0.05) is 5.69 Å². The predicted octanol–water partition coefficient (Wildman–Crippen LogP) is 4.19. The fraction of sp³-hybridized carbons (Fsp3) is 0.333. The number of carbonyl (C=O) groups excluding carboxylic acids is 2. The van der Waals surface area contributed by atoms with Crippen LogP contribution in [0, 0.1) is 19.8 Å². The molecule has 2 aromatic rings. The van der Waals surface area contributed by atoms with E-state index in [9.17, 15) is 9.59 Å². The minimum atomic E-state index is -0.719. The third-order valence-electron chi connectivity index (χ3n) is 4.11. The van der Waals surface area contributed by atoms with Crippen LogP contribution in [-0.2, 0) is 16.1 Å². The van der Waals surface area contributed by atoms with Crippen LogP contribution in [0.3, 0.4) is 0 Å². The van der Waals surface area contributed by atoms with E-state index in [0.29, 0.717) is 5.69 Å². The van der Waals surface area contributed by atoms with E-state index in [1.807, 2.05) is 64.1 Å². The van der Waals surface area contributed by atoms with Gasteiger partial charge in [0.1, 0.15) is 12.6 Å². The summed E-state index contributed by atoms with van der Waals surface area (Å²) in [7, 11) is 0. The minimum absolute atomic E-state index is 0.0948. The van der Waals surface area contributed by atoms with E-state index in [2.05, 4.69) is 10.6 Å². The number of hydrogen-bond acceptors (Lipinski definition) is 3. The molecule has 0 bridgehead atoms. The average Bonchev–Trinajstić information content (AvgIpc) is 2.60. The van der Waals surface area contributed by atoms with Crippen LogP contribution < -0.4 is 10.6 Å². The van der Waals surface area contributed by atoms with Crippen molar-refractivity contribution in [3.8, 4) is 0 Å². The van der Waals surface area contributed by atoms with E-state index in [0.717, 1.165) is 16.7 Å². The summed E-state index contributed by atoms with van der Waals surface area (Å²) in [5.41, 5.74) is 3.81. The van der Waals surface area contributed by atoms with E-state index >= 15 is 0 Å². The number of urea groups is 1. The number of hydrogen-bond donors (Lipinski definition) is 2. The molecule has 1 atom stereocenters. The number of amides is 2. The van der Waals surface area contributed by atoms with Gasteiger partial charge in [0.2, 0.25) is 0 Å². The van der Waals surface area contributed by atoms with Gasteiger partial charge in [0.15, 0.2) is 0 Å². The maximum Gasteiger partial charge on any atom is 0.329 e. The van der Waals surface area contributed by atoms with Gasteiger partial charge in [-0.15, -0.1) is 0 Å². The topological polar surface area (TPSA) is 67.4 Å². The number of benzene rings is 2. The predicted molar refractivity (Wildman–Crippen MR) is 103 cm³/mol. The summed E-state index contributed by atoms with van der Waals surface area (Å²) in [6.45, 7) is 7.90. The third-order valence-corrected chi connectivity index (χ3v) is 4.11. The average molecular weight is 354 g/mol. The first-order valence-corrected chi connectivity index (χ1v) is 8.72. The lowest BCUT2D eigenvalue weighted by Gasteiger charge is -2.21. The fourth-order valence-corrected chi connectivity index (χ4v) is 2.52. The Morgan fingerprint density at radius 1 is 1.04 bits per heavy atom. The van der Waals surface area contributed by atoms with E-state index in [1.54, 1.807) is 12.1 Å². The minimum Gasteiger partial charge on any atom is -0.459 e. The molecule has 5 nitrogen and oxygen atoms in total. The molecule has 0 unspecified atom stereocenters. The first-order valence-electron chi connectivity index (χ1n) is 8.72. The molecule has 2 aromatic carbocycles. The molecule has 0 radical (unpaired) electrons. The fourth-order valence-electron chi connectivity index (χ4n) is 2.52. The molecular weight excluding hydrogens is 328 g/mol. The normalized spacial score (nSPS) is 11.7. The van der Waals surface area contributed by atoms with Crippen molar-refractivity contribution in [3.05, 3.63) is 65.2 Å². The zero-order chi connectivity index (χ0) is 19.1. The van der Waals surface area contributed by atoms with Gasteiger partial charge in [-0.05, 0) is 43.0 Å². The Balaban J connectivity index is 1.96. The summed E-state index contributed by atoms with van der Waals surface area (Å²) >= 11 is 0. The number of para-hydroxylation sites is 1. The van der Waals surface area contributed by atoms with Crippen molar-refractivity contribution >= 4 is 17.7 Å². The molecule has 0 spiro atoms. The molecule has 0 aliphatic carbocycles. The summed E-state index contributed by atoms with van der Waals surface area (Å²) in [4.78, 5) is 24.7. The second-order valence-corrected chi connectivity index (χ2v) is 6.72. The highest BCUT2D eigenvalue weighted by molar-refractivity contribution is 5.92. The number of ether oxygens (including phenoxy) is 1. The molecule has 2 N–H and O–H groups in total. The highest BCUT2D eigenvalue weighted by Gasteiger charge is 2.26. The van der Waals surface area contributed by atoms with Crippen LogP contribution in [0.15, 0.2) is 48.5 Å². The molecule has 0 aliphatic heterocycles. The zero-order valence-corrected chi connectivity index (χ0v) is 15.7. The van der Waals surface area contributed by atoms with Crippen LogP contribution >= 0.6 is 0 Å². The van der Waals surface area contributed by atoms with Crippen molar-refractivity contribution in [2.45, 2.75) is 40.3 Å². The Morgan fingerprint density at radius 2 is 1.73 bits per heavy atom. The molecule has 2 rings (SSSR count). The van der Waals surface area contributed by atoms with Gasteiger partial charge in [-0.1, -0.05) is 55.8 Å². The Kier molecular flexibility index (Phi) is 6.78. The molecule has 0 heterocycles. The van der Waals surface area contributed by atoms with Gasteiger partial charge in [0.05, 0.1) is 0 Å². The summed E-state index contributed by atoms with van der Waals surface area (Å²) in [5, 5.41) is 5.42. The third kappa shape index (κ3) is 5.62. The summed E-state index contributed by atoms with van der Waals surface area (Å²) in [5.74, 6) is -0.535. The van der Waals surface area contributed by atoms with Crippen LogP contribution in [-0.4, -0.2) is 18.0 Å². The van der Waals surface area contributed by atoms with Gasteiger partial charge in [-0.3, -0.25) is 0 Å². The first-order chi connectivity index (χ1) is 12.4. The summed E-state index contributed by atoms with van der Waals surface area (Å²) < 4.78 is 5.46. The smallest absolute Gasteiger partial charge is 0.329 e. The number of carbonyl (C=O) groups is 2. The molecular formula is C21H26N2O3. The molecule has 26 heavy (non-hydrogen) atoms. The van der Waals surface area contributed by atoms with Crippen LogP contribution in [0.2, 0.25) is 0 Å². The Labute approximate surface area is 154 Å². The molecule has 0 aliphatic rings. The van der Waals surface area contributed by atoms with Crippen molar-refractivity contribution in [2.24, 2.45) is 5.92 Å². The summed E-state index contributed by atoms with van der Waals surface area (Å²) in [6, 6.07) is 14.0. The monoisotopic (exact) mass is 354 g/mol. The first kappa shape index (κ1) is 19.5. The number of aryl methyl sites for hydroxylation is 2. The number of anilines is 1. The SMILES string of the molecule is Cc1ccc(C)c(COC(=O)[C@H](NC(=O)Nc2ccccc2)C(C)C)c1. The second kappa shape index (κ2) is 9.04. The Morgan fingerprint density at radius 3 is 2.38 bits per heavy atom. The zero-order valence-electron chi connectivity index (χ0n) is 15.7. The lowest BCUT2D eigenvalue weighted by Crippen LogP contribution is -2.47. The molecule has 2 amide bonds. The highest BCUT2D eigenvalue weighted by atomic mass is 16.5. The van der Waals surface area contributed by atoms with Gasteiger partial charge in [0.25, 0.3) is 0 Å². The molecule has 0 fully saturated rings.